The number of amides is 4. The molecule has 3 atom stereocenters. The van der Waals surface area contributed by atoms with E-state index in [4.69, 9.17) is 37.0 Å². The van der Waals surface area contributed by atoms with Crippen LogP contribution in [0.1, 0.15) is 118 Å². The maximum atomic E-state index is 13.7. The van der Waals surface area contributed by atoms with Gasteiger partial charge in [0.1, 0.15) is 35.5 Å². The molecule has 0 spiro atoms. The fourth-order valence-corrected chi connectivity index (χ4v) is 6.74. The van der Waals surface area contributed by atoms with Crippen LogP contribution in [0.25, 0.3) is 11.3 Å². The van der Waals surface area contributed by atoms with Gasteiger partial charge < -0.3 is 48.1 Å². The van der Waals surface area contributed by atoms with Crippen LogP contribution < -0.4 is 31.2 Å². The number of carbonyl (C=O) groups is 6. The third-order valence-electron chi connectivity index (χ3n) is 10.0. The molecule has 2 heterocycles. The van der Waals surface area contributed by atoms with E-state index < -0.39 is 66.2 Å². The fraction of sp³-hybridized carbons (Fsp3) is 0.468. The Hall–Kier alpha value is -6.89. The predicted molar refractivity (Wildman–Crippen MR) is 237 cm³/mol. The van der Waals surface area contributed by atoms with Gasteiger partial charge in [-0.3, -0.25) is 28.8 Å². The molecular formula is C47H60N4O15. The number of hydroxylamine groups is 2. The first kappa shape index (κ1) is 51.7. The van der Waals surface area contributed by atoms with Crippen molar-refractivity contribution < 1.29 is 65.8 Å². The van der Waals surface area contributed by atoms with Crippen molar-refractivity contribution in [1.29, 1.82) is 0 Å². The second-order valence-corrected chi connectivity index (χ2v) is 16.1. The zero-order valence-electron chi connectivity index (χ0n) is 38.6. The van der Waals surface area contributed by atoms with Gasteiger partial charge in [0.25, 0.3) is 11.8 Å². The van der Waals surface area contributed by atoms with E-state index in [0.29, 0.717) is 30.6 Å². The number of rotatable bonds is 26. The van der Waals surface area contributed by atoms with Crippen LogP contribution in [0, 0.1) is 12.8 Å². The molecule has 2 aromatic heterocycles. The Kier molecular flexibility index (Phi) is 19.6. The van der Waals surface area contributed by atoms with Crippen molar-refractivity contribution in [3.63, 3.8) is 0 Å². The maximum Gasteiger partial charge on any atom is 0.519 e. The molecule has 66 heavy (non-hydrogen) atoms. The van der Waals surface area contributed by atoms with Gasteiger partial charge in [-0.15, -0.1) is 0 Å². The molecule has 0 saturated carbocycles. The Morgan fingerprint density at radius 1 is 0.879 bits per heavy atom. The lowest BCUT2D eigenvalue weighted by Gasteiger charge is -2.32. The Balaban J connectivity index is 1.42. The SMILES string of the molecule is CCCCCC(C(=O)NCNC(=O)c1ccc(-c2ccc(C(=O)NC(CC(=O)OC(C)(C)C)C(=O)OCc3oc(=O)oc3C)c(OCC)c2)o1)[C@@H](CC)N(C=O)OCc1ccc(OC)cc1. The van der Waals surface area contributed by atoms with Gasteiger partial charge in [0, 0.05) is 5.56 Å². The highest BCUT2D eigenvalue weighted by molar-refractivity contribution is 6.00. The normalized spacial score (nSPS) is 12.5. The van der Waals surface area contributed by atoms with Crippen LogP contribution in [0.3, 0.4) is 0 Å². The third-order valence-corrected chi connectivity index (χ3v) is 10.0. The van der Waals surface area contributed by atoms with E-state index in [-0.39, 0.29) is 60.1 Å². The van der Waals surface area contributed by atoms with Crippen molar-refractivity contribution in [2.45, 2.75) is 118 Å². The van der Waals surface area contributed by atoms with Crippen molar-refractivity contribution >= 4 is 36.1 Å². The summed E-state index contributed by atoms with van der Waals surface area (Å²) in [5, 5.41) is 9.12. The van der Waals surface area contributed by atoms with E-state index in [1.54, 1.807) is 53.0 Å². The fourth-order valence-electron chi connectivity index (χ4n) is 6.74. The van der Waals surface area contributed by atoms with Crippen molar-refractivity contribution in [3.8, 4) is 22.8 Å². The van der Waals surface area contributed by atoms with Gasteiger partial charge >= 0.3 is 17.8 Å². The number of hydrogen-bond acceptors (Lipinski definition) is 15. The number of carbonyl (C=O) groups excluding carboxylic acids is 6. The van der Waals surface area contributed by atoms with E-state index in [1.165, 1.54) is 36.3 Å². The van der Waals surface area contributed by atoms with Gasteiger partial charge in [0.2, 0.25) is 12.3 Å². The van der Waals surface area contributed by atoms with Crippen molar-refractivity contribution in [3.05, 3.63) is 93.6 Å². The van der Waals surface area contributed by atoms with Crippen LogP contribution in [-0.4, -0.2) is 79.2 Å². The quantitative estimate of drug-likeness (QED) is 0.0210. The molecule has 2 aromatic carbocycles. The van der Waals surface area contributed by atoms with E-state index in [1.807, 2.05) is 19.1 Å². The number of benzene rings is 2. The number of aryl methyl sites for hydroxylation is 1. The summed E-state index contributed by atoms with van der Waals surface area (Å²) in [6, 6.07) is 12.6. The van der Waals surface area contributed by atoms with Gasteiger partial charge in [0.15, 0.2) is 23.9 Å². The van der Waals surface area contributed by atoms with E-state index in [0.717, 1.165) is 24.8 Å². The standard InChI is InChI=1S/C47H60N4O15/c1-9-12-13-14-33(36(10-2)51(28-52)62-25-30-15-18-32(59-8)19-16-30)42(54)48-27-49-44(56)38-22-21-37(64-38)31-17-20-34(39(23-31)60-11-3)43(55)50-35(24-41(53)66-47(5,6)7)45(57)61-26-40-29(4)63-46(58)65-40/h15-23,28,33,35-36H,9-14,24-27H2,1-8H3,(H,48,54)(H,49,56)(H,50,55)/t33?,35?,36-/m1/s1. The smallest absolute Gasteiger partial charge is 0.497 e. The molecule has 4 rings (SSSR count). The first-order valence-corrected chi connectivity index (χ1v) is 21.7. The molecular weight excluding hydrogens is 861 g/mol. The van der Waals surface area contributed by atoms with Crippen LogP contribution in [0.4, 0.5) is 0 Å². The number of unbranched alkanes of at least 4 members (excludes halogenated alkanes) is 2. The lowest BCUT2D eigenvalue weighted by molar-refractivity contribution is -0.200. The molecule has 0 bridgehead atoms. The molecule has 0 radical (unpaired) electrons. The number of nitrogens with zero attached hydrogens (tertiary/aromatic N) is 1. The summed E-state index contributed by atoms with van der Waals surface area (Å²) in [7, 11) is 1.57. The summed E-state index contributed by atoms with van der Waals surface area (Å²) < 4.78 is 37.2. The first-order chi connectivity index (χ1) is 31.5. The molecule has 3 N–H and O–H groups in total. The van der Waals surface area contributed by atoms with Crippen molar-refractivity contribution in [2.24, 2.45) is 5.92 Å². The highest BCUT2D eigenvalue weighted by Gasteiger charge is 2.33. The van der Waals surface area contributed by atoms with Crippen LogP contribution in [-0.2, 0) is 46.7 Å². The molecule has 358 valence electrons. The molecule has 4 aromatic rings. The summed E-state index contributed by atoms with van der Waals surface area (Å²) in [6.07, 6.45) is 3.47. The lowest BCUT2D eigenvalue weighted by Crippen LogP contribution is -2.48. The average molecular weight is 921 g/mol. The zero-order chi connectivity index (χ0) is 48.4. The van der Waals surface area contributed by atoms with E-state index >= 15 is 0 Å². The topological polar surface area (TPSA) is 244 Å². The minimum atomic E-state index is -1.52. The summed E-state index contributed by atoms with van der Waals surface area (Å²) in [5.74, 6) is -4.20. The molecule has 2 unspecified atom stereocenters. The predicted octanol–water partition coefficient (Wildman–Crippen LogP) is 6.15. The first-order valence-electron chi connectivity index (χ1n) is 21.7. The molecule has 19 heteroatoms. The van der Waals surface area contributed by atoms with Crippen LogP contribution in [0.2, 0.25) is 0 Å². The molecule has 0 fully saturated rings. The number of methoxy groups -OCH3 is 1. The van der Waals surface area contributed by atoms with Gasteiger partial charge in [-0.25, -0.2) is 14.7 Å². The summed E-state index contributed by atoms with van der Waals surface area (Å²) in [6.45, 7) is 11.5. The Morgan fingerprint density at radius 2 is 1.62 bits per heavy atom. The zero-order valence-corrected chi connectivity index (χ0v) is 38.6. The molecule has 0 saturated heterocycles. The van der Waals surface area contributed by atoms with Gasteiger partial charge in [-0.1, -0.05) is 51.3 Å². The Labute approximate surface area is 382 Å². The third kappa shape index (κ3) is 15.4. The Bertz CT molecular complexity index is 2310. The van der Waals surface area contributed by atoms with E-state index in [9.17, 15) is 33.6 Å². The molecule has 0 aliphatic carbocycles. The van der Waals surface area contributed by atoms with Gasteiger partial charge in [-0.05, 0) is 89.4 Å². The summed E-state index contributed by atoms with van der Waals surface area (Å²) in [5.41, 5.74) is 0.348. The monoisotopic (exact) mass is 920 g/mol. The van der Waals surface area contributed by atoms with Crippen LogP contribution in [0.5, 0.6) is 11.5 Å². The largest absolute Gasteiger partial charge is 0.519 e. The molecule has 0 aliphatic rings. The second kappa shape index (κ2) is 25.0. The number of nitrogens with one attached hydrogen (secondary N) is 3. The Morgan fingerprint density at radius 3 is 2.24 bits per heavy atom. The minimum Gasteiger partial charge on any atom is -0.497 e. The highest BCUT2D eigenvalue weighted by atomic mass is 16.7. The number of furan rings is 1. The number of esters is 2. The van der Waals surface area contributed by atoms with Crippen LogP contribution >= 0.6 is 0 Å². The lowest BCUT2D eigenvalue weighted by atomic mass is 9.90. The maximum absolute atomic E-state index is 13.7. The molecule has 4 amide bonds. The average Bonchev–Trinajstić information content (AvgIpc) is 3.91. The van der Waals surface area contributed by atoms with Gasteiger partial charge in [0.05, 0.1) is 44.3 Å². The minimum absolute atomic E-state index is 0.00194. The number of hydrogen-bond donors (Lipinski definition) is 3. The molecule has 0 aliphatic heterocycles. The number of ether oxygens (including phenoxy) is 4. The summed E-state index contributed by atoms with van der Waals surface area (Å²) >= 11 is 0. The van der Waals surface area contributed by atoms with Gasteiger partial charge in [-0.2, -0.15) is 0 Å². The highest BCUT2D eigenvalue weighted by Crippen LogP contribution is 2.30. The van der Waals surface area contributed by atoms with Crippen molar-refractivity contribution in [1.82, 2.24) is 21.0 Å². The molecule has 19 nitrogen and oxygen atoms in total. The van der Waals surface area contributed by atoms with Crippen LogP contribution in [0.15, 0.2) is 72.6 Å². The summed E-state index contributed by atoms with van der Waals surface area (Å²) in [4.78, 5) is 96.2. The van der Waals surface area contributed by atoms with Crippen molar-refractivity contribution in [2.75, 3.05) is 20.4 Å². The second-order valence-electron chi connectivity index (χ2n) is 16.1. The van der Waals surface area contributed by atoms with E-state index in [2.05, 4.69) is 22.9 Å².